The maximum atomic E-state index is 14.1. The van der Waals surface area contributed by atoms with E-state index in [0.717, 1.165) is 0 Å². The van der Waals surface area contributed by atoms with Gasteiger partial charge in [-0.25, -0.2) is 0 Å². The summed E-state index contributed by atoms with van der Waals surface area (Å²) in [6.07, 6.45) is -5.43. The molecule has 0 aromatic carbocycles. The maximum Gasteiger partial charge on any atom is 0.203 e. The molecule has 0 radical (unpaired) electrons. The quantitative estimate of drug-likeness (QED) is 0.380. The molecule has 4 N–H and O–H groups in total. The fourth-order valence-corrected chi connectivity index (χ4v) is 9.35. The van der Waals surface area contributed by atoms with E-state index in [-0.39, 0.29) is 60.5 Å². The van der Waals surface area contributed by atoms with Gasteiger partial charge in [0.2, 0.25) is 5.78 Å². The van der Waals surface area contributed by atoms with Crippen molar-refractivity contribution in [1.29, 1.82) is 0 Å². The zero-order valence-electron chi connectivity index (χ0n) is 23.1. The number of carbonyl (C=O) groups excluding carboxylic acids is 1. The van der Waals surface area contributed by atoms with Gasteiger partial charge in [-0.1, -0.05) is 27.7 Å². The number of ketones is 1. The van der Waals surface area contributed by atoms with Crippen molar-refractivity contribution in [3.8, 4) is 0 Å². The number of Topliss-reactive ketones (excluding diaryl/α,β-unsaturated/α-hetero) is 1. The van der Waals surface area contributed by atoms with Crippen LogP contribution in [0.5, 0.6) is 0 Å². The summed E-state index contributed by atoms with van der Waals surface area (Å²) < 4.78 is 36.4. The lowest BCUT2D eigenvalue weighted by atomic mass is 9.38. The second-order valence-corrected chi connectivity index (χ2v) is 12.9. The first kappa shape index (κ1) is 28.0. The Balaban J connectivity index is 1.36. The molecule has 0 aromatic heterocycles. The van der Waals surface area contributed by atoms with Crippen LogP contribution in [0.2, 0.25) is 0 Å². The fraction of sp³-hybridized carbons (Fsp3) is 0.893. The SMILES string of the molecule is COC1=C[C@@H](C)[C@@H]2CC3OC(O[C@@H]4O[C@H](CO)[C@@H](O)[C@H](O)[C@H]4O)CC4[C@@H](C)[C@@H]5OCO[C@H]5[C@@H](C34C)C2(C)C1=O. The summed E-state index contributed by atoms with van der Waals surface area (Å²) in [5, 5.41) is 40.7. The lowest BCUT2D eigenvalue weighted by Gasteiger charge is -2.69. The fourth-order valence-electron chi connectivity index (χ4n) is 9.35. The predicted octanol–water partition coefficient (Wildman–Crippen LogP) is 0.323. The number of hydrogen-bond acceptors (Lipinski definition) is 11. The first-order valence-electron chi connectivity index (χ1n) is 14.1. The number of hydrogen-bond donors (Lipinski definition) is 4. The van der Waals surface area contributed by atoms with Crippen molar-refractivity contribution in [3.05, 3.63) is 11.8 Å². The standard InChI is InChI=1S/C28H42O11/c1-11-6-15(34-5)25(33)28(4)13(11)7-17-27(3)14(12(2)22-23(24(27)28)36-10-35-22)8-18(38-17)39-26-21(32)20(31)19(30)16(9-29)37-26/h6,11-14,16-24,26,29-32H,7-10H2,1-5H3/t11-,12-,13+,14?,16-,17?,18?,19-,20+,21-,22+,23-,24+,26+,27?,28?/m1/s1. The number of rotatable bonds is 4. The third-order valence-corrected chi connectivity index (χ3v) is 11.3. The van der Waals surface area contributed by atoms with E-state index < -0.39 is 54.4 Å². The molecule has 220 valence electrons. The molecule has 5 unspecified atom stereocenters. The van der Waals surface area contributed by atoms with Crippen molar-refractivity contribution in [2.24, 2.45) is 40.4 Å². The minimum atomic E-state index is -1.54. The van der Waals surface area contributed by atoms with E-state index in [1.807, 2.05) is 6.08 Å². The molecule has 0 amide bonds. The van der Waals surface area contributed by atoms with Gasteiger partial charge in [0.05, 0.1) is 32.0 Å². The van der Waals surface area contributed by atoms with Crippen LogP contribution in [0, 0.1) is 40.4 Å². The second kappa shape index (κ2) is 9.71. The summed E-state index contributed by atoms with van der Waals surface area (Å²) in [6, 6.07) is 0. The molecule has 5 fully saturated rings. The Morgan fingerprint density at radius 2 is 1.72 bits per heavy atom. The minimum absolute atomic E-state index is 0.0000186. The van der Waals surface area contributed by atoms with Crippen molar-refractivity contribution >= 4 is 5.78 Å². The van der Waals surface area contributed by atoms with Gasteiger partial charge >= 0.3 is 0 Å². The van der Waals surface area contributed by atoms with Gasteiger partial charge in [-0.3, -0.25) is 4.79 Å². The zero-order valence-corrected chi connectivity index (χ0v) is 23.1. The Morgan fingerprint density at radius 1 is 1.00 bits per heavy atom. The van der Waals surface area contributed by atoms with E-state index in [9.17, 15) is 25.2 Å². The van der Waals surface area contributed by atoms with Crippen LogP contribution < -0.4 is 0 Å². The van der Waals surface area contributed by atoms with Gasteiger partial charge in [-0.05, 0) is 36.2 Å². The highest BCUT2D eigenvalue weighted by atomic mass is 16.8. The monoisotopic (exact) mass is 554 g/mol. The third-order valence-electron chi connectivity index (χ3n) is 11.3. The highest BCUT2D eigenvalue weighted by molar-refractivity contribution is 5.99. The molecule has 39 heavy (non-hydrogen) atoms. The number of carbonyl (C=O) groups is 1. The van der Waals surface area contributed by atoms with Crippen molar-refractivity contribution < 1.29 is 53.6 Å². The smallest absolute Gasteiger partial charge is 0.203 e. The second-order valence-electron chi connectivity index (χ2n) is 12.9. The van der Waals surface area contributed by atoms with Crippen LogP contribution in [-0.2, 0) is 33.2 Å². The van der Waals surface area contributed by atoms with E-state index in [1.54, 1.807) is 7.11 Å². The predicted molar refractivity (Wildman–Crippen MR) is 132 cm³/mol. The van der Waals surface area contributed by atoms with Gasteiger partial charge in [0.1, 0.15) is 31.2 Å². The molecule has 11 heteroatoms. The summed E-state index contributed by atoms with van der Waals surface area (Å²) >= 11 is 0. The van der Waals surface area contributed by atoms with Crippen LogP contribution in [-0.4, -0.2) is 102 Å². The average molecular weight is 555 g/mol. The molecule has 6 aliphatic rings. The summed E-state index contributed by atoms with van der Waals surface area (Å²) in [5.74, 6) is 0.327. The highest BCUT2D eigenvalue weighted by Crippen LogP contribution is 2.69. The van der Waals surface area contributed by atoms with E-state index in [4.69, 9.17) is 28.4 Å². The third kappa shape index (κ3) is 3.78. The summed E-state index contributed by atoms with van der Waals surface area (Å²) in [5.41, 5.74) is -1.19. The molecule has 3 aliphatic carbocycles. The number of methoxy groups -OCH3 is 1. The van der Waals surface area contributed by atoms with Crippen molar-refractivity contribution in [3.63, 3.8) is 0 Å². The zero-order chi connectivity index (χ0) is 28.0. The van der Waals surface area contributed by atoms with E-state index in [2.05, 4.69) is 27.7 Å². The summed E-state index contributed by atoms with van der Waals surface area (Å²) in [6.45, 7) is 8.15. The molecule has 11 nitrogen and oxygen atoms in total. The first-order chi connectivity index (χ1) is 18.5. The van der Waals surface area contributed by atoms with Gasteiger partial charge < -0.3 is 48.8 Å². The Bertz CT molecular complexity index is 1000. The Labute approximate surface area is 228 Å². The number of aliphatic hydroxyl groups excluding tert-OH is 4. The number of allylic oxidation sites excluding steroid dienone is 2. The molecule has 3 aliphatic heterocycles. The Hall–Kier alpha value is -1.15. The van der Waals surface area contributed by atoms with Gasteiger partial charge in [0.25, 0.3) is 0 Å². The number of ether oxygens (including phenoxy) is 6. The summed E-state index contributed by atoms with van der Waals surface area (Å²) in [4.78, 5) is 14.1. The van der Waals surface area contributed by atoms with Crippen molar-refractivity contribution in [1.82, 2.24) is 0 Å². The van der Waals surface area contributed by atoms with Crippen LogP contribution >= 0.6 is 0 Å². The van der Waals surface area contributed by atoms with Crippen LogP contribution in [0.3, 0.4) is 0 Å². The molecule has 16 atom stereocenters. The van der Waals surface area contributed by atoms with Gasteiger partial charge in [-0.2, -0.15) is 0 Å². The Kier molecular flexibility index (Phi) is 6.97. The molecular formula is C28H42O11. The van der Waals surface area contributed by atoms with E-state index in [1.165, 1.54) is 0 Å². The van der Waals surface area contributed by atoms with E-state index in [0.29, 0.717) is 18.6 Å². The molecule has 0 aromatic rings. The topological polar surface area (TPSA) is 153 Å². The van der Waals surface area contributed by atoms with Gasteiger partial charge in [0.15, 0.2) is 18.3 Å². The lowest BCUT2D eigenvalue weighted by Crippen LogP contribution is -2.73. The summed E-state index contributed by atoms with van der Waals surface area (Å²) in [7, 11) is 1.54. The average Bonchev–Trinajstić information content (AvgIpc) is 3.39. The van der Waals surface area contributed by atoms with Crippen LogP contribution in [0.1, 0.15) is 40.5 Å². The molecule has 6 rings (SSSR count). The number of aliphatic hydroxyl groups is 4. The van der Waals surface area contributed by atoms with E-state index >= 15 is 0 Å². The highest BCUT2D eigenvalue weighted by Gasteiger charge is 2.74. The van der Waals surface area contributed by atoms with Crippen molar-refractivity contribution in [2.75, 3.05) is 20.5 Å². The maximum absolute atomic E-state index is 14.1. The normalized spacial score (nSPS) is 56.7. The Morgan fingerprint density at radius 3 is 2.41 bits per heavy atom. The van der Waals surface area contributed by atoms with Gasteiger partial charge in [-0.15, -0.1) is 0 Å². The van der Waals surface area contributed by atoms with Gasteiger partial charge in [0, 0.05) is 23.2 Å². The molecular weight excluding hydrogens is 512 g/mol. The molecule has 0 bridgehead atoms. The minimum Gasteiger partial charge on any atom is -0.493 e. The molecule has 3 saturated heterocycles. The largest absolute Gasteiger partial charge is 0.493 e. The van der Waals surface area contributed by atoms with Crippen LogP contribution in [0.25, 0.3) is 0 Å². The van der Waals surface area contributed by atoms with Crippen LogP contribution in [0.15, 0.2) is 11.8 Å². The van der Waals surface area contributed by atoms with Crippen molar-refractivity contribution in [2.45, 2.75) is 95.8 Å². The number of fused-ring (bicyclic) bond motifs is 4. The first-order valence-corrected chi connectivity index (χ1v) is 14.1. The molecule has 2 saturated carbocycles. The lowest BCUT2D eigenvalue weighted by molar-refractivity contribution is -0.377. The van der Waals surface area contributed by atoms with Crippen LogP contribution in [0.4, 0.5) is 0 Å². The molecule has 0 spiro atoms. The molecule has 3 heterocycles.